The fraction of sp³-hybridized carbons (Fsp3) is 0.227. The Morgan fingerprint density at radius 2 is 1.94 bits per heavy atom. The molecule has 32 heavy (non-hydrogen) atoms. The average Bonchev–Trinajstić information content (AvgIpc) is 3.41. The summed E-state index contributed by atoms with van der Waals surface area (Å²) in [6, 6.07) is 9.00. The van der Waals surface area contributed by atoms with Gasteiger partial charge in [0.25, 0.3) is 5.91 Å². The van der Waals surface area contributed by atoms with E-state index in [1.165, 1.54) is 11.3 Å². The van der Waals surface area contributed by atoms with Crippen LogP contribution in [0, 0.1) is 19.8 Å². The van der Waals surface area contributed by atoms with Gasteiger partial charge in [-0.25, -0.2) is 9.50 Å². The van der Waals surface area contributed by atoms with Crippen LogP contribution in [0.5, 0.6) is 11.5 Å². The molecule has 10 heteroatoms. The molecule has 1 fully saturated rings. The van der Waals surface area contributed by atoms with E-state index in [1.807, 2.05) is 26.0 Å². The van der Waals surface area contributed by atoms with Crippen molar-refractivity contribution < 1.29 is 14.3 Å². The van der Waals surface area contributed by atoms with Gasteiger partial charge in [0.2, 0.25) is 11.9 Å². The highest BCUT2D eigenvalue weighted by atomic mass is 32.1. The molecule has 1 aliphatic carbocycles. The summed E-state index contributed by atoms with van der Waals surface area (Å²) in [6.07, 6.45) is 3.52. The highest BCUT2D eigenvalue weighted by Gasteiger charge is 2.30. The van der Waals surface area contributed by atoms with Crippen LogP contribution in [0.15, 0.2) is 42.0 Å². The molecular weight excluding hydrogens is 428 g/mol. The van der Waals surface area contributed by atoms with Crippen LogP contribution in [-0.2, 0) is 4.79 Å². The Bertz CT molecular complexity index is 1340. The largest absolute Gasteiger partial charge is 0.456 e. The van der Waals surface area contributed by atoms with E-state index < -0.39 is 0 Å². The minimum absolute atomic E-state index is 0.0422. The molecule has 0 unspecified atom stereocenters. The van der Waals surface area contributed by atoms with Crippen molar-refractivity contribution in [3.05, 3.63) is 58.2 Å². The van der Waals surface area contributed by atoms with Gasteiger partial charge in [0.05, 0.1) is 11.7 Å². The smallest absolute Gasteiger partial charge is 0.275 e. The molecule has 3 aromatic heterocycles. The van der Waals surface area contributed by atoms with Crippen molar-refractivity contribution in [1.29, 1.82) is 0 Å². The average molecular weight is 449 g/mol. The van der Waals surface area contributed by atoms with E-state index in [1.54, 1.807) is 34.4 Å². The van der Waals surface area contributed by atoms with E-state index in [9.17, 15) is 9.59 Å². The lowest BCUT2D eigenvalue weighted by Gasteiger charge is -2.11. The molecule has 0 spiro atoms. The Kier molecular flexibility index (Phi) is 5.06. The van der Waals surface area contributed by atoms with Gasteiger partial charge in [-0.05, 0) is 50.5 Å². The normalized spacial score (nSPS) is 13.2. The van der Waals surface area contributed by atoms with Gasteiger partial charge in [-0.1, -0.05) is 6.07 Å². The maximum absolute atomic E-state index is 12.5. The van der Waals surface area contributed by atoms with Crippen LogP contribution in [0.1, 0.15) is 33.8 Å². The SMILES string of the molecule is Cc1ccc(Oc2ccc3nc(NC(=O)C4CC4)nn3c2)cc1NC(=O)c1ncsc1C. The molecule has 0 bridgehead atoms. The number of hydrogen-bond acceptors (Lipinski definition) is 7. The number of fused-ring (bicyclic) bond motifs is 1. The first-order valence-electron chi connectivity index (χ1n) is 10.1. The van der Waals surface area contributed by atoms with Crippen molar-refractivity contribution in [3.8, 4) is 11.5 Å². The molecular formula is C22H20N6O3S. The summed E-state index contributed by atoms with van der Waals surface area (Å²) in [4.78, 5) is 33.8. The van der Waals surface area contributed by atoms with E-state index >= 15 is 0 Å². The topological polar surface area (TPSA) is 111 Å². The molecule has 0 saturated heterocycles. The highest BCUT2D eigenvalue weighted by molar-refractivity contribution is 7.09. The minimum atomic E-state index is -0.256. The van der Waals surface area contributed by atoms with Gasteiger partial charge in [0.1, 0.15) is 17.2 Å². The van der Waals surface area contributed by atoms with E-state index in [0.29, 0.717) is 28.5 Å². The van der Waals surface area contributed by atoms with Gasteiger partial charge in [0, 0.05) is 22.5 Å². The van der Waals surface area contributed by atoms with Crippen LogP contribution in [-0.4, -0.2) is 31.4 Å². The second-order valence-electron chi connectivity index (χ2n) is 7.66. The number of nitrogens with one attached hydrogen (secondary N) is 2. The number of aromatic nitrogens is 4. The van der Waals surface area contributed by atoms with Crippen molar-refractivity contribution in [3.63, 3.8) is 0 Å². The van der Waals surface area contributed by atoms with Crippen LogP contribution in [0.25, 0.3) is 5.65 Å². The third-order valence-corrected chi connectivity index (χ3v) is 5.90. The summed E-state index contributed by atoms with van der Waals surface area (Å²) in [5, 5.41) is 9.95. The number of nitrogens with zero attached hydrogens (tertiary/aromatic N) is 4. The summed E-state index contributed by atoms with van der Waals surface area (Å²) in [6.45, 7) is 3.77. The lowest BCUT2D eigenvalue weighted by atomic mass is 10.2. The van der Waals surface area contributed by atoms with Crippen molar-refractivity contribution in [1.82, 2.24) is 19.6 Å². The number of amides is 2. The number of aryl methyl sites for hydroxylation is 2. The van der Waals surface area contributed by atoms with Crippen LogP contribution < -0.4 is 15.4 Å². The molecule has 3 heterocycles. The zero-order chi connectivity index (χ0) is 22.2. The van der Waals surface area contributed by atoms with Gasteiger partial charge in [0.15, 0.2) is 5.65 Å². The Labute approximate surface area is 187 Å². The predicted molar refractivity (Wildman–Crippen MR) is 120 cm³/mol. The summed E-state index contributed by atoms with van der Waals surface area (Å²) in [5.74, 6) is 1.16. The van der Waals surface area contributed by atoms with Crippen molar-refractivity contribution in [2.75, 3.05) is 10.6 Å². The number of rotatable bonds is 6. The van der Waals surface area contributed by atoms with Gasteiger partial charge in [-0.3, -0.25) is 14.9 Å². The predicted octanol–water partition coefficient (Wildman–Crippen LogP) is 4.20. The van der Waals surface area contributed by atoms with E-state index in [4.69, 9.17) is 4.74 Å². The number of anilines is 2. The second-order valence-corrected chi connectivity index (χ2v) is 8.72. The zero-order valence-corrected chi connectivity index (χ0v) is 18.3. The maximum atomic E-state index is 12.5. The number of hydrogen-bond donors (Lipinski definition) is 2. The van der Waals surface area contributed by atoms with Crippen molar-refractivity contribution >= 4 is 40.4 Å². The molecule has 0 atom stereocenters. The summed E-state index contributed by atoms with van der Waals surface area (Å²) < 4.78 is 7.53. The van der Waals surface area contributed by atoms with Crippen LogP contribution in [0.4, 0.5) is 11.6 Å². The quantitative estimate of drug-likeness (QED) is 0.457. The first-order chi connectivity index (χ1) is 15.5. The zero-order valence-electron chi connectivity index (χ0n) is 17.5. The third kappa shape index (κ3) is 4.17. The van der Waals surface area contributed by atoms with E-state index in [0.717, 1.165) is 23.3 Å². The number of ether oxygens (including phenoxy) is 1. The fourth-order valence-electron chi connectivity index (χ4n) is 3.18. The van der Waals surface area contributed by atoms with Crippen LogP contribution in [0.3, 0.4) is 0 Å². The Morgan fingerprint density at radius 3 is 2.69 bits per heavy atom. The molecule has 1 saturated carbocycles. The van der Waals surface area contributed by atoms with Crippen molar-refractivity contribution in [2.45, 2.75) is 26.7 Å². The molecule has 4 aromatic rings. The molecule has 0 aliphatic heterocycles. The first-order valence-corrected chi connectivity index (χ1v) is 11.0. The van der Waals surface area contributed by atoms with Crippen molar-refractivity contribution in [2.24, 2.45) is 5.92 Å². The van der Waals surface area contributed by atoms with E-state index in [-0.39, 0.29) is 23.7 Å². The number of pyridine rings is 1. The molecule has 5 rings (SSSR count). The molecule has 162 valence electrons. The molecule has 2 N–H and O–H groups in total. The third-order valence-electron chi connectivity index (χ3n) is 5.14. The van der Waals surface area contributed by atoms with Gasteiger partial charge >= 0.3 is 0 Å². The fourth-order valence-corrected chi connectivity index (χ4v) is 3.75. The van der Waals surface area contributed by atoms with Gasteiger partial charge in [-0.2, -0.15) is 4.98 Å². The highest BCUT2D eigenvalue weighted by Crippen LogP contribution is 2.30. The second kappa shape index (κ2) is 8.04. The number of carbonyl (C=O) groups excluding carboxylic acids is 2. The summed E-state index contributed by atoms with van der Waals surface area (Å²) in [7, 11) is 0. The maximum Gasteiger partial charge on any atom is 0.275 e. The summed E-state index contributed by atoms with van der Waals surface area (Å²) in [5.41, 5.74) is 4.22. The first kappa shape index (κ1) is 20.1. The molecule has 1 aliphatic rings. The lowest BCUT2D eigenvalue weighted by molar-refractivity contribution is -0.117. The number of carbonyl (C=O) groups is 2. The Balaban J connectivity index is 1.33. The monoisotopic (exact) mass is 448 g/mol. The van der Waals surface area contributed by atoms with Gasteiger partial charge < -0.3 is 10.1 Å². The lowest BCUT2D eigenvalue weighted by Crippen LogP contribution is -2.14. The van der Waals surface area contributed by atoms with Crippen LogP contribution in [0.2, 0.25) is 0 Å². The molecule has 9 nitrogen and oxygen atoms in total. The van der Waals surface area contributed by atoms with Gasteiger partial charge in [-0.15, -0.1) is 16.4 Å². The molecule has 1 aromatic carbocycles. The van der Waals surface area contributed by atoms with E-state index in [2.05, 4.69) is 25.7 Å². The number of thiazole rings is 1. The number of benzene rings is 1. The Hall–Kier alpha value is -3.79. The van der Waals surface area contributed by atoms with Crippen LogP contribution >= 0.6 is 11.3 Å². The molecule has 2 amide bonds. The Morgan fingerprint density at radius 1 is 1.12 bits per heavy atom. The molecule has 0 radical (unpaired) electrons. The minimum Gasteiger partial charge on any atom is -0.456 e. The summed E-state index contributed by atoms with van der Waals surface area (Å²) >= 11 is 1.43. The standard InChI is InChI=1S/C22H20N6O3S/c1-12-3-6-15(9-17(12)24-21(30)19-13(2)32-11-23-19)31-16-7-8-18-25-22(27-28(18)10-16)26-20(29)14-4-5-14/h3,6-11,14H,4-5H2,1-2H3,(H,24,30)(H,26,27,29).